The molecule has 10 heteroatoms. The summed E-state index contributed by atoms with van der Waals surface area (Å²) >= 11 is 0. The van der Waals surface area contributed by atoms with E-state index in [1.54, 1.807) is 24.3 Å². The van der Waals surface area contributed by atoms with Gasteiger partial charge in [0.25, 0.3) is 11.8 Å². The number of aromatic hydroxyl groups is 1. The zero-order valence-corrected chi connectivity index (χ0v) is 27.3. The lowest BCUT2D eigenvalue weighted by molar-refractivity contribution is -0.143. The first-order valence-electron chi connectivity index (χ1n) is 16.9. The molecular formula is C40H35N3O7. The number of phenols is 1. The van der Waals surface area contributed by atoms with Crippen molar-refractivity contribution in [3.05, 3.63) is 119 Å². The molecule has 2 aliphatic carbocycles. The van der Waals surface area contributed by atoms with E-state index in [-0.39, 0.29) is 31.6 Å². The summed E-state index contributed by atoms with van der Waals surface area (Å²) in [5.41, 5.74) is 4.92. The predicted octanol–water partition coefficient (Wildman–Crippen LogP) is 5.31. The van der Waals surface area contributed by atoms with Gasteiger partial charge in [0.1, 0.15) is 5.75 Å². The molecule has 3 N–H and O–H groups in total. The summed E-state index contributed by atoms with van der Waals surface area (Å²) in [6.07, 6.45) is 1.86. The molecule has 0 radical (unpaired) electrons. The summed E-state index contributed by atoms with van der Waals surface area (Å²) in [6, 6.07) is 27.5. The van der Waals surface area contributed by atoms with Gasteiger partial charge in [-0.1, -0.05) is 90.0 Å². The number of hydrogen-bond acceptors (Lipinski definition) is 7. The van der Waals surface area contributed by atoms with Gasteiger partial charge >= 0.3 is 5.97 Å². The average molecular weight is 670 g/mol. The van der Waals surface area contributed by atoms with Gasteiger partial charge in [0.2, 0.25) is 11.8 Å². The zero-order valence-electron chi connectivity index (χ0n) is 27.3. The Labute approximate surface area is 288 Å². The van der Waals surface area contributed by atoms with Crippen LogP contribution in [0.5, 0.6) is 5.75 Å². The first kappa shape index (κ1) is 31.5. The van der Waals surface area contributed by atoms with E-state index in [1.807, 2.05) is 79.7 Å². The van der Waals surface area contributed by atoms with E-state index in [0.29, 0.717) is 22.2 Å². The van der Waals surface area contributed by atoms with E-state index in [9.17, 15) is 29.4 Å². The van der Waals surface area contributed by atoms with E-state index >= 15 is 4.79 Å². The molecule has 8 rings (SSSR count). The van der Waals surface area contributed by atoms with Crippen LogP contribution in [0.4, 0.5) is 5.69 Å². The molecule has 10 nitrogen and oxygen atoms in total. The summed E-state index contributed by atoms with van der Waals surface area (Å²) in [5, 5.41) is 23.8. The number of amides is 4. The molecule has 2 aliphatic heterocycles. The number of likely N-dealkylation sites (tertiary alicyclic amines) is 1. The number of carbonyl (C=O) groups is 5. The van der Waals surface area contributed by atoms with Crippen molar-refractivity contribution in [3.63, 3.8) is 0 Å². The van der Waals surface area contributed by atoms with Crippen LogP contribution in [0, 0.1) is 30.6 Å². The fraction of sp³-hybridized carbons (Fsp3) is 0.275. The average Bonchev–Trinajstić information content (AvgIpc) is 3.49. The van der Waals surface area contributed by atoms with Crippen LogP contribution in [0.15, 0.2) is 103 Å². The van der Waals surface area contributed by atoms with Crippen LogP contribution in [0.3, 0.4) is 0 Å². The maximum Gasteiger partial charge on any atom is 0.305 e. The fourth-order valence-electron chi connectivity index (χ4n) is 9.14. The van der Waals surface area contributed by atoms with Gasteiger partial charge in [-0.15, -0.1) is 0 Å². The number of fused-ring (bicyclic) bond motifs is 5. The standard InChI is InChI=1S/C40H35N3O7/c1-22-11-14-25(15-12-22)41-43-37(48)30-21-29-27(16-17-28-33(29)38(49)42(36(28)47)20-19-32(45)46)35(40(30,39(43)50)24-8-3-2-4-9-24)34-26-10-6-5-7-23(26)13-18-31(34)44/h2-16,18,28-30,33,35,41,44H,17,19-21H2,1H3,(H,45,46)/t28-,29+,30-,33-,35+,40+/m0/s1. The van der Waals surface area contributed by atoms with Gasteiger partial charge in [-0.25, -0.2) is 0 Å². The first-order valence-corrected chi connectivity index (χ1v) is 16.9. The lowest BCUT2D eigenvalue weighted by Crippen LogP contribution is -2.53. The van der Waals surface area contributed by atoms with Crippen LogP contribution in [-0.4, -0.2) is 56.3 Å². The molecule has 252 valence electrons. The van der Waals surface area contributed by atoms with Crippen molar-refractivity contribution in [3.8, 4) is 5.75 Å². The second kappa shape index (κ2) is 11.7. The van der Waals surface area contributed by atoms with E-state index in [4.69, 9.17) is 0 Å². The van der Waals surface area contributed by atoms with Crippen LogP contribution in [0.1, 0.15) is 41.9 Å². The van der Waals surface area contributed by atoms with Crippen molar-refractivity contribution in [1.29, 1.82) is 0 Å². The number of carboxylic acids is 1. The van der Waals surface area contributed by atoms with Gasteiger partial charge in [0.15, 0.2) is 0 Å². The highest BCUT2D eigenvalue weighted by atomic mass is 16.4. The van der Waals surface area contributed by atoms with Gasteiger partial charge in [0.05, 0.1) is 35.3 Å². The van der Waals surface area contributed by atoms with E-state index in [2.05, 4.69) is 5.43 Å². The molecule has 1 saturated carbocycles. The smallest absolute Gasteiger partial charge is 0.305 e. The Bertz CT molecular complexity index is 2130. The van der Waals surface area contributed by atoms with Crippen LogP contribution >= 0.6 is 0 Å². The number of nitrogens with one attached hydrogen (secondary N) is 1. The summed E-state index contributed by atoms with van der Waals surface area (Å²) in [7, 11) is 0. The summed E-state index contributed by atoms with van der Waals surface area (Å²) in [4.78, 5) is 70.4. The molecule has 0 unspecified atom stereocenters. The minimum Gasteiger partial charge on any atom is -0.508 e. The molecule has 0 bridgehead atoms. The van der Waals surface area contributed by atoms with Gasteiger partial charge in [0, 0.05) is 18.0 Å². The summed E-state index contributed by atoms with van der Waals surface area (Å²) < 4.78 is 0. The number of imide groups is 2. The molecule has 4 amide bonds. The molecule has 4 aliphatic rings. The molecule has 4 aromatic rings. The third-order valence-electron chi connectivity index (χ3n) is 11.3. The van der Waals surface area contributed by atoms with Crippen molar-refractivity contribution in [2.45, 2.75) is 37.5 Å². The van der Waals surface area contributed by atoms with E-state index < -0.39 is 64.6 Å². The molecule has 0 spiro atoms. The normalized spacial score (nSPS) is 27.2. The largest absolute Gasteiger partial charge is 0.508 e. The topological polar surface area (TPSA) is 144 Å². The summed E-state index contributed by atoms with van der Waals surface area (Å²) in [6.45, 7) is 1.70. The number of aryl methyl sites for hydroxylation is 1. The van der Waals surface area contributed by atoms with Crippen molar-refractivity contribution < 1.29 is 34.2 Å². The quantitative estimate of drug-likeness (QED) is 0.177. The Hall–Kier alpha value is -5.77. The van der Waals surface area contributed by atoms with Crippen LogP contribution < -0.4 is 5.43 Å². The number of carboxylic acid groups (broad SMARTS) is 1. The Balaban J connectivity index is 1.37. The Morgan fingerprint density at radius 2 is 1.58 bits per heavy atom. The number of carbonyl (C=O) groups excluding carboxylic acids is 4. The predicted molar refractivity (Wildman–Crippen MR) is 183 cm³/mol. The molecule has 50 heavy (non-hydrogen) atoms. The number of benzene rings is 4. The Morgan fingerprint density at radius 1 is 0.860 bits per heavy atom. The number of hydrogen-bond donors (Lipinski definition) is 3. The molecule has 4 aromatic carbocycles. The van der Waals surface area contributed by atoms with Gasteiger partial charge < -0.3 is 10.2 Å². The monoisotopic (exact) mass is 669 g/mol. The fourth-order valence-corrected chi connectivity index (χ4v) is 9.14. The minimum absolute atomic E-state index is 0.0477. The van der Waals surface area contributed by atoms with Gasteiger partial charge in [-0.2, -0.15) is 5.01 Å². The van der Waals surface area contributed by atoms with Crippen molar-refractivity contribution in [2.24, 2.45) is 23.7 Å². The summed E-state index contributed by atoms with van der Waals surface area (Å²) in [5.74, 6) is -7.04. The zero-order chi connectivity index (χ0) is 34.9. The second-order valence-corrected chi connectivity index (χ2v) is 13.8. The number of anilines is 1. The van der Waals surface area contributed by atoms with Crippen LogP contribution in [0.25, 0.3) is 10.8 Å². The number of rotatable bonds is 7. The van der Waals surface area contributed by atoms with E-state index in [0.717, 1.165) is 26.4 Å². The number of nitrogens with zero attached hydrogens (tertiary/aromatic N) is 2. The van der Waals surface area contributed by atoms with Gasteiger partial charge in [-0.05, 0) is 60.2 Å². The highest BCUT2D eigenvalue weighted by molar-refractivity contribution is 6.13. The lowest BCUT2D eigenvalue weighted by Gasteiger charge is -2.51. The molecule has 0 aromatic heterocycles. The number of allylic oxidation sites excluding steroid dienone is 2. The minimum atomic E-state index is -1.53. The SMILES string of the molecule is Cc1ccc(NN2C(=O)[C@@H]3C[C@@H]4C(=CC[C@@H]5C(=O)N(CCC(=O)O)C(=O)[C@@H]54)[C@H](c4c(O)ccc5ccccc45)[C@]3(c3ccccc3)C2=O)cc1. The Morgan fingerprint density at radius 3 is 2.32 bits per heavy atom. The molecular weight excluding hydrogens is 634 g/mol. The molecule has 3 fully saturated rings. The van der Waals surface area contributed by atoms with Crippen molar-refractivity contribution in [1.82, 2.24) is 9.91 Å². The maximum absolute atomic E-state index is 15.3. The molecule has 2 heterocycles. The van der Waals surface area contributed by atoms with Crippen LogP contribution in [0.2, 0.25) is 0 Å². The number of aliphatic carboxylic acids is 1. The van der Waals surface area contributed by atoms with Gasteiger partial charge in [-0.3, -0.25) is 34.3 Å². The number of hydrazine groups is 1. The third kappa shape index (κ3) is 4.51. The highest BCUT2D eigenvalue weighted by Crippen LogP contribution is 2.65. The Kier molecular flexibility index (Phi) is 7.36. The lowest BCUT2D eigenvalue weighted by atomic mass is 9.48. The van der Waals surface area contributed by atoms with E-state index in [1.165, 1.54) is 0 Å². The van der Waals surface area contributed by atoms with Crippen molar-refractivity contribution in [2.75, 3.05) is 12.0 Å². The first-order chi connectivity index (χ1) is 24.1. The maximum atomic E-state index is 15.3. The second-order valence-electron chi connectivity index (χ2n) is 13.8. The molecule has 2 saturated heterocycles. The van der Waals surface area contributed by atoms with Crippen LogP contribution in [-0.2, 0) is 29.4 Å². The number of phenolic OH excluding ortho intramolecular Hbond substituents is 1. The molecule has 6 atom stereocenters. The third-order valence-corrected chi connectivity index (χ3v) is 11.3. The van der Waals surface area contributed by atoms with Crippen molar-refractivity contribution >= 4 is 46.1 Å². The highest BCUT2D eigenvalue weighted by Gasteiger charge is 2.70.